The second-order valence-electron chi connectivity index (χ2n) is 6.50. The first-order valence-electron chi connectivity index (χ1n) is 9.28. The Bertz CT molecular complexity index is 1090. The Labute approximate surface area is 169 Å². The van der Waals surface area contributed by atoms with Crippen molar-refractivity contribution in [2.75, 3.05) is 4.90 Å². The summed E-state index contributed by atoms with van der Waals surface area (Å²) in [6, 6.07) is 32.3. The van der Waals surface area contributed by atoms with E-state index >= 15 is 0 Å². The second kappa shape index (κ2) is 8.31. The molecule has 0 unspecified atom stereocenters. The highest BCUT2D eigenvalue weighted by Crippen LogP contribution is 2.36. The number of aromatic hydroxyl groups is 2. The molecule has 0 amide bonds. The van der Waals surface area contributed by atoms with E-state index in [2.05, 4.69) is 9.89 Å². The van der Waals surface area contributed by atoms with E-state index in [1.54, 1.807) is 36.5 Å². The zero-order valence-electron chi connectivity index (χ0n) is 15.7. The average Bonchev–Trinajstić information content (AvgIpc) is 2.76. The van der Waals surface area contributed by atoms with Crippen LogP contribution in [0.5, 0.6) is 11.5 Å². The van der Waals surface area contributed by atoms with Gasteiger partial charge < -0.3 is 15.1 Å². The van der Waals surface area contributed by atoms with Crippen molar-refractivity contribution in [1.29, 1.82) is 0 Å². The SMILES string of the molecule is Oc1cc(N(c2ccccc2)c2ccccc2)ccc1C=Nc1ccccc1O. The molecule has 4 aromatic rings. The molecule has 29 heavy (non-hydrogen) atoms. The van der Waals surface area contributed by atoms with E-state index in [-0.39, 0.29) is 11.5 Å². The van der Waals surface area contributed by atoms with Crippen molar-refractivity contribution < 1.29 is 10.2 Å². The molecule has 2 N–H and O–H groups in total. The van der Waals surface area contributed by atoms with Gasteiger partial charge in [-0.3, -0.25) is 4.99 Å². The van der Waals surface area contributed by atoms with Crippen LogP contribution in [-0.2, 0) is 0 Å². The summed E-state index contributed by atoms with van der Waals surface area (Å²) in [5.74, 6) is 0.206. The van der Waals surface area contributed by atoms with E-state index < -0.39 is 0 Å². The van der Waals surface area contributed by atoms with Gasteiger partial charge in [-0.15, -0.1) is 0 Å². The smallest absolute Gasteiger partial charge is 0.141 e. The van der Waals surface area contributed by atoms with Crippen LogP contribution < -0.4 is 4.90 Å². The summed E-state index contributed by atoms with van der Waals surface area (Å²) in [5.41, 5.74) is 3.84. The van der Waals surface area contributed by atoms with Crippen LogP contribution in [0.4, 0.5) is 22.7 Å². The first-order valence-corrected chi connectivity index (χ1v) is 9.28. The number of anilines is 3. The minimum absolute atomic E-state index is 0.0965. The fourth-order valence-corrected chi connectivity index (χ4v) is 3.09. The zero-order valence-corrected chi connectivity index (χ0v) is 15.7. The van der Waals surface area contributed by atoms with E-state index in [1.807, 2.05) is 72.8 Å². The summed E-state index contributed by atoms with van der Waals surface area (Å²) in [6.07, 6.45) is 1.55. The molecule has 0 fully saturated rings. The van der Waals surface area contributed by atoms with Gasteiger partial charge in [0.1, 0.15) is 17.2 Å². The fraction of sp³-hybridized carbons (Fsp3) is 0. The first kappa shape index (κ1) is 18.3. The average molecular weight is 380 g/mol. The molecule has 4 nitrogen and oxygen atoms in total. The highest BCUT2D eigenvalue weighted by Gasteiger charge is 2.13. The van der Waals surface area contributed by atoms with Crippen molar-refractivity contribution >= 4 is 29.0 Å². The number of phenols is 2. The van der Waals surface area contributed by atoms with Crippen LogP contribution in [0, 0.1) is 0 Å². The Hall–Kier alpha value is -4.05. The molecule has 4 rings (SSSR count). The van der Waals surface area contributed by atoms with Crippen molar-refractivity contribution in [2.45, 2.75) is 0 Å². The van der Waals surface area contributed by atoms with Gasteiger partial charge in [0.2, 0.25) is 0 Å². The van der Waals surface area contributed by atoms with E-state index in [1.165, 1.54) is 0 Å². The Kier molecular flexibility index (Phi) is 5.25. The maximum Gasteiger partial charge on any atom is 0.141 e. The number of benzene rings is 4. The Morgan fingerprint density at radius 1 is 0.586 bits per heavy atom. The number of nitrogens with zero attached hydrogens (tertiary/aromatic N) is 2. The van der Waals surface area contributed by atoms with Crippen LogP contribution in [0.15, 0.2) is 108 Å². The lowest BCUT2D eigenvalue weighted by molar-refractivity contribution is 0.474. The molecule has 0 spiro atoms. The Balaban J connectivity index is 1.70. The Morgan fingerprint density at radius 3 is 1.76 bits per heavy atom. The van der Waals surface area contributed by atoms with Crippen LogP contribution in [0.3, 0.4) is 0 Å². The molecule has 0 aliphatic heterocycles. The van der Waals surface area contributed by atoms with Gasteiger partial charge in [0.15, 0.2) is 0 Å². The van der Waals surface area contributed by atoms with Crippen molar-refractivity contribution in [3.8, 4) is 11.5 Å². The van der Waals surface area contributed by atoms with Crippen LogP contribution in [0.25, 0.3) is 0 Å². The molecular weight excluding hydrogens is 360 g/mol. The molecule has 4 heteroatoms. The van der Waals surface area contributed by atoms with Crippen LogP contribution >= 0.6 is 0 Å². The van der Waals surface area contributed by atoms with Crippen LogP contribution in [0.2, 0.25) is 0 Å². The number of hydrogen-bond donors (Lipinski definition) is 2. The second-order valence-corrected chi connectivity index (χ2v) is 6.50. The number of phenolic OH excluding ortho intramolecular Hbond substituents is 2. The van der Waals surface area contributed by atoms with Gasteiger partial charge in [0.25, 0.3) is 0 Å². The highest BCUT2D eigenvalue weighted by atomic mass is 16.3. The topological polar surface area (TPSA) is 56.1 Å². The lowest BCUT2D eigenvalue weighted by atomic mass is 10.1. The molecular formula is C25H20N2O2. The van der Waals surface area contributed by atoms with Crippen molar-refractivity contribution in [2.24, 2.45) is 4.99 Å². The van der Waals surface area contributed by atoms with E-state index in [9.17, 15) is 10.2 Å². The molecule has 0 saturated heterocycles. The summed E-state index contributed by atoms with van der Waals surface area (Å²) in [7, 11) is 0. The molecule has 0 aromatic heterocycles. The largest absolute Gasteiger partial charge is 0.507 e. The van der Waals surface area contributed by atoms with Gasteiger partial charge in [-0.1, -0.05) is 48.5 Å². The fourth-order valence-electron chi connectivity index (χ4n) is 3.09. The van der Waals surface area contributed by atoms with Gasteiger partial charge in [-0.25, -0.2) is 0 Å². The first-order chi connectivity index (χ1) is 14.2. The summed E-state index contributed by atoms with van der Waals surface area (Å²) in [6.45, 7) is 0. The standard InChI is InChI=1S/C25H20N2O2/c28-24-14-8-7-13-23(24)26-18-19-15-16-22(17-25(19)29)27(20-9-3-1-4-10-20)21-11-5-2-6-12-21/h1-18,28-29H. The van der Waals surface area contributed by atoms with Gasteiger partial charge >= 0.3 is 0 Å². The molecule has 0 atom stereocenters. The molecule has 0 aliphatic carbocycles. The maximum atomic E-state index is 10.6. The molecule has 0 aliphatic rings. The third-order valence-corrected chi connectivity index (χ3v) is 4.53. The van der Waals surface area contributed by atoms with Gasteiger partial charge in [-0.2, -0.15) is 0 Å². The van der Waals surface area contributed by atoms with Gasteiger partial charge in [-0.05, 0) is 48.5 Å². The molecule has 0 radical (unpaired) electrons. The van der Waals surface area contributed by atoms with E-state index in [4.69, 9.17) is 0 Å². The molecule has 142 valence electrons. The van der Waals surface area contributed by atoms with Gasteiger partial charge in [0.05, 0.1) is 0 Å². The van der Waals surface area contributed by atoms with Gasteiger partial charge in [0, 0.05) is 34.9 Å². The van der Waals surface area contributed by atoms with Crippen molar-refractivity contribution in [1.82, 2.24) is 0 Å². The molecule has 0 heterocycles. The third kappa shape index (κ3) is 4.12. The zero-order chi connectivity index (χ0) is 20.1. The summed E-state index contributed by atoms with van der Waals surface area (Å²) in [4.78, 5) is 6.35. The van der Waals surface area contributed by atoms with Crippen LogP contribution in [0.1, 0.15) is 5.56 Å². The number of aliphatic imine (C=N–C) groups is 1. The normalized spacial score (nSPS) is 10.9. The number of hydrogen-bond acceptors (Lipinski definition) is 4. The predicted molar refractivity (Wildman–Crippen MR) is 118 cm³/mol. The predicted octanol–water partition coefficient (Wildman–Crippen LogP) is 6.32. The summed E-state index contributed by atoms with van der Waals surface area (Å²) < 4.78 is 0. The minimum Gasteiger partial charge on any atom is -0.507 e. The summed E-state index contributed by atoms with van der Waals surface area (Å²) in [5, 5.41) is 20.4. The molecule has 0 bridgehead atoms. The van der Waals surface area contributed by atoms with E-state index in [0.717, 1.165) is 17.1 Å². The lowest BCUT2D eigenvalue weighted by Crippen LogP contribution is -2.09. The van der Waals surface area contributed by atoms with Crippen molar-refractivity contribution in [3.05, 3.63) is 109 Å². The monoisotopic (exact) mass is 380 g/mol. The molecule has 4 aromatic carbocycles. The van der Waals surface area contributed by atoms with Crippen LogP contribution in [-0.4, -0.2) is 16.4 Å². The van der Waals surface area contributed by atoms with Crippen molar-refractivity contribution in [3.63, 3.8) is 0 Å². The maximum absolute atomic E-state index is 10.6. The third-order valence-electron chi connectivity index (χ3n) is 4.53. The molecule has 0 saturated carbocycles. The number of para-hydroxylation sites is 4. The number of rotatable bonds is 5. The quantitative estimate of drug-likeness (QED) is 0.398. The van der Waals surface area contributed by atoms with E-state index in [0.29, 0.717) is 11.3 Å². The highest BCUT2D eigenvalue weighted by molar-refractivity contribution is 5.88. The Morgan fingerprint density at radius 2 is 1.17 bits per heavy atom. The lowest BCUT2D eigenvalue weighted by Gasteiger charge is -2.25. The summed E-state index contributed by atoms with van der Waals surface area (Å²) >= 11 is 0. The minimum atomic E-state index is 0.0965.